The number of amides is 1. The Labute approximate surface area is 189 Å². The Bertz CT molecular complexity index is 906. The maximum Gasteiger partial charge on any atom is 0.255 e. The minimum atomic E-state index is -0.285. The van der Waals surface area contributed by atoms with Gasteiger partial charge in [0, 0.05) is 25.2 Å². The number of hydrogen-bond donors (Lipinski definition) is 1. The zero-order valence-electron chi connectivity index (χ0n) is 18.6. The molecule has 3 heterocycles. The Morgan fingerprint density at radius 1 is 1.35 bits per heavy atom. The maximum absolute atomic E-state index is 13.0. The highest BCUT2D eigenvalue weighted by Gasteiger charge is 2.42. The summed E-state index contributed by atoms with van der Waals surface area (Å²) in [6.07, 6.45) is 3.50. The molecule has 2 fully saturated rings. The average Bonchev–Trinajstić information content (AvgIpc) is 3.16. The van der Waals surface area contributed by atoms with E-state index < -0.39 is 0 Å². The maximum atomic E-state index is 13.0. The quantitative estimate of drug-likeness (QED) is 0.764. The fraction of sp³-hybridized carbons (Fsp3) is 0.565. The lowest BCUT2D eigenvalue weighted by Crippen LogP contribution is -2.57. The molecule has 1 aromatic heterocycles. The van der Waals surface area contributed by atoms with Gasteiger partial charge in [0.1, 0.15) is 18.2 Å². The lowest BCUT2D eigenvalue weighted by atomic mass is 9.83. The molecule has 2 aliphatic rings. The third-order valence-corrected chi connectivity index (χ3v) is 5.88. The van der Waals surface area contributed by atoms with Crippen LogP contribution in [-0.4, -0.2) is 53.9 Å². The van der Waals surface area contributed by atoms with Crippen LogP contribution in [0.5, 0.6) is 5.75 Å². The van der Waals surface area contributed by atoms with E-state index in [-0.39, 0.29) is 35.9 Å². The molecule has 2 saturated heterocycles. The van der Waals surface area contributed by atoms with Crippen LogP contribution in [0.2, 0.25) is 0 Å². The summed E-state index contributed by atoms with van der Waals surface area (Å²) in [5, 5.41) is 3.47. The molecule has 8 heteroatoms. The molecule has 2 atom stereocenters. The van der Waals surface area contributed by atoms with Gasteiger partial charge in [-0.2, -0.15) is 0 Å². The van der Waals surface area contributed by atoms with Crippen LogP contribution in [0, 0.1) is 13.8 Å². The minimum absolute atomic E-state index is 0. The van der Waals surface area contributed by atoms with E-state index in [1.54, 1.807) is 11.1 Å². The van der Waals surface area contributed by atoms with Gasteiger partial charge in [-0.1, -0.05) is 0 Å². The summed E-state index contributed by atoms with van der Waals surface area (Å²) in [4.78, 5) is 19.2. The van der Waals surface area contributed by atoms with Gasteiger partial charge < -0.3 is 24.1 Å². The normalized spacial score (nSPS) is 23.6. The third kappa shape index (κ3) is 5.22. The summed E-state index contributed by atoms with van der Waals surface area (Å²) >= 11 is 0. The number of aromatic nitrogens is 1. The largest absolute Gasteiger partial charge is 0.491 e. The second-order valence-corrected chi connectivity index (χ2v) is 8.76. The smallest absolute Gasteiger partial charge is 0.255 e. The van der Waals surface area contributed by atoms with Crippen LogP contribution in [-0.2, 0) is 4.74 Å². The van der Waals surface area contributed by atoms with Crippen LogP contribution in [0.4, 0.5) is 0 Å². The molecule has 0 bridgehead atoms. The molecular formula is C23H32ClN3O4. The number of oxazole rings is 1. The second kappa shape index (κ2) is 9.59. The van der Waals surface area contributed by atoms with Gasteiger partial charge in [0.25, 0.3) is 5.91 Å². The minimum Gasteiger partial charge on any atom is -0.491 e. The van der Waals surface area contributed by atoms with Crippen molar-refractivity contribution in [3.63, 3.8) is 0 Å². The summed E-state index contributed by atoms with van der Waals surface area (Å²) in [5.41, 5.74) is 1.34. The van der Waals surface area contributed by atoms with Gasteiger partial charge in [0.15, 0.2) is 5.89 Å². The standard InChI is InChI=1S/C23H31N3O4.ClH/c1-15(2)29-20-6-5-18(9-16(20)3)22(27)26-8-7-23(28-14-26)10-19(12-24-13-23)21-25-11-17(4)30-21;/h5-6,9,11,15,19,24H,7-8,10,12-14H2,1-4H3;1H. The molecule has 2 unspecified atom stereocenters. The molecule has 0 aliphatic carbocycles. The zero-order valence-corrected chi connectivity index (χ0v) is 19.5. The number of halogens is 1. The van der Waals surface area contributed by atoms with Gasteiger partial charge in [0.2, 0.25) is 0 Å². The first-order valence-electron chi connectivity index (χ1n) is 10.7. The Morgan fingerprint density at radius 2 is 2.16 bits per heavy atom. The molecule has 1 aromatic carbocycles. The monoisotopic (exact) mass is 449 g/mol. The van der Waals surface area contributed by atoms with E-state index in [1.165, 1.54) is 0 Å². The Balaban J connectivity index is 0.00000272. The van der Waals surface area contributed by atoms with Crippen molar-refractivity contribution in [2.75, 3.05) is 26.4 Å². The number of carbonyl (C=O) groups is 1. The predicted molar refractivity (Wildman–Crippen MR) is 120 cm³/mol. The van der Waals surface area contributed by atoms with Crippen molar-refractivity contribution in [3.8, 4) is 5.75 Å². The van der Waals surface area contributed by atoms with Crippen LogP contribution in [0.25, 0.3) is 0 Å². The lowest BCUT2D eigenvalue weighted by Gasteiger charge is -2.45. The number of benzene rings is 1. The number of nitrogens with zero attached hydrogens (tertiary/aromatic N) is 2. The van der Waals surface area contributed by atoms with E-state index in [2.05, 4.69) is 10.3 Å². The Morgan fingerprint density at radius 3 is 2.77 bits per heavy atom. The molecule has 0 saturated carbocycles. The van der Waals surface area contributed by atoms with Crippen molar-refractivity contribution in [2.45, 2.75) is 58.2 Å². The molecule has 31 heavy (non-hydrogen) atoms. The topological polar surface area (TPSA) is 76.8 Å². The van der Waals surface area contributed by atoms with Gasteiger partial charge in [0.05, 0.1) is 23.8 Å². The molecule has 4 rings (SSSR count). The van der Waals surface area contributed by atoms with Crippen LogP contribution in [0.15, 0.2) is 28.8 Å². The number of carbonyl (C=O) groups excluding carboxylic acids is 1. The SMILES string of the molecule is Cc1cnc(C2CNCC3(CCN(C(=O)c4ccc(OC(C)C)c(C)c4)CO3)C2)o1.Cl. The highest BCUT2D eigenvalue weighted by Crippen LogP contribution is 2.36. The predicted octanol–water partition coefficient (Wildman–Crippen LogP) is 3.84. The summed E-state index contributed by atoms with van der Waals surface area (Å²) < 4.78 is 17.8. The third-order valence-electron chi connectivity index (χ3n) is 5.88. The van der Waals surface area contributed by atoms with Gasteiger partial charge in [-0.05, 0) is 64.3 Å². The summed E-state index contributed by atoms with van der Waals surface area (Å²) in [6.45, 7) is 10.4. The Hall–Kier alpha value is -2.09. The number of ether oxygens (including phenoxy) is 2. The lowest BCUT2D eigenvalue weighted by molar-refractivity contribution is -0.138. The van der Waals surface area contributed by atoms with Crippen molar-refractivity contribution >= 4 is 18.3 Å². The van der Waals surface area contributed by atoms with Crippen molar-refractivity contribution in [3.05, 3.63) is 47.2 Å². The van der Waals surface area contributed by atoms with E-state index in [0.29, 0.717) is 18.8 Å². The first-order valence-corrected chi connectivity index (χ1v) is 10.7. The van der Waals surface area contributed by atoms with E-state index in [9.17, 15) is 4.79 Å². The van der Waals surface area contributed by atoms with Gasteiger partial charge in [-0.25, -0.2) is 4.98 Å². The number of aryl methyl sites for hydroxylation is 2. The fourth-order valence-corrected chi connectivity index (χ4v) is 4.31. The molecule has 0 radical (unpaired) electrons. The molecule has 2 aliphatic heterocycles. The first-order chi connectivity index (χ1) is 14.3. The van der Waals surface area contributed by atoms with Crippen molar-refractivity contribution in [1.82, 2.24) is 15.2 Å². The number of nitrogens with one attached hydrogen (secondary N) is 1. The molecule has 1 spiro atoms. The second-order valence-electron chi connectivity index (χ2n) is 8.76. The highest BCUT2D eigenvalue weighted by atomic mass is 35.5. The van der Waals surface area contributed by atoms with Gasteiger partial charge in [-0.3, -0.25) is 4.79 Å². The molecule has 1 N–H and O–H groups in total. The zero-order chi connectivity index (χ0) is 21.3. The van der Waals surface area contributed by atoms with Crippen molar-refractivity contribution in [1.29, 1.82) is 0 Å². The Kier molecular flexibility index (Phi) is 7.29. The number of rotatable bonds is 4. The average molecular weight is 450 g/mol. The van der Waals surface area contributed by atoms with E-state index in [0.717, 1.165) is 48.9 Å². The summed E-state index contributed by atoms with van der Waals surface area (Å²) in [5.74, 6) is 2.58. The van der Waals surface area contributed by atoms with E-state index in [4.69, 9.17) is 13.9 Å². The van der Waals surface area contributed by atoms with E-state index in [1.807, 2.05) is 45.9 Å². The first kappa shape index (κ1) is 23.6. The molecule has 1 amide bonds. The molecular weight excluding hydrogens is 418 g/mol. The molecule has 2 aromatic rings. The van der Waals surface area contributed by atoms with Crippen LogP contribution < -0.4 is 10.1 Å². The van der Waals surface area contributed by atoms with E-state index >= 15 is 0 Å². The van der Waals surface area contributed by atoms with Gasteiger partial charge >= 0.3 is 0 Å². The summed E-state index contributed by atoms with van der Waals surface area (Å²) in [6, 6.07) is 5.61. The van der Waals surface area contributed by atoms with Crippen molar-refractivity contribution < 1.29 is 18.7 Å². The van der Waals surface area contributed by atoms with Crippen molar-refractivity contribution in [2.24, 2.45) is 0 Å². The number of piperidine rings is 1. The molecule has 7 nitrogen and oxygen atoms in total. The molecule has 170 valence electrons. The van der Waals surface area contributed by atoms with Gasteiger partial charge in [-0.15, -0.1) is 12.4 Å². The summed E-state index contributed by atoms with van der Waals surface area (Å²) in [7, 11) is 0. The van der Waals surface area contributed by atoms with Crippen LogP contribution in [0.1, 0.15) is 60.2 Å². The van der Waals surface area contributed by atoms with Crippen LogP contribution in [0.3, 0.4) is 0 Å². The number of hydrogen-bond acceptors (Lipinski definition) is 6. The highest BCUT2D eigenvalue weighted by molar-refractivity contribution is 5.94. The van der Waals surface area contributed by atoms with Crippen LogP contribution >= 0.6 is 12.4 Å². The fourth-order valence-electron chi connectivity index (χ4n) is 4.31.